The molecule has 134 valence electrons. The van der Waals surface area contributed by atoms with Gasteiger partial charge in [-0.15, -0.1) is 0 Å². The molecular formula is C19H19N3O3S. The molecule has 0 saturated carbocycles. The molecule has 2 aromatic rings. The van der Waals surface area contributed by atoms with Crippen molar-refractivity contribution in [2.24, 2.45) is 11.8 Å². The third kappa shape index (κ3) is 2.72. The minimum absolute atomic E-state index is 0.214. The average Bonchev–Trinajstić information content (AvgIpc) is 3.18. The van der Waals surface area contributed by atoms with E-state index in [-0.39, 0.29) is 36.1 Å². The molecule has 6 nitrogen and oxygen atoms in total. The standard InChI is InChI=1S/C19H19N3O3S/c1-2-21(19-20-14-9-5-6-10-15(14)26-19)16(23)11-22-17(24)12-7-3-4-8-13(12)18(22)25/h3-6,9-10,12-13H,2,7-8,11H2,1H3. The number of allylic oxidation sites excluding steroid dienone is 2. The van der Waals surface area contributed by atoms with Crippen molar-refractivity contribution in [3.63, 3.8) is 0 Å². The predicted octanol–water partition coefficient (Wildman–Crippen LogP) is 2.60. The summed E-state index contributed by atoms with van der Waals surface area (Å²) in [6.07, 6.45) is 5.04. The Morgan fingerprint density at radius 3 is 2.46 bits per heavy atom. The molecule has 0 radical (unpaired) electrons. The van der Waals surface area contributed by atoms with Crippen molar-refractivity contribution >= 4 is 44.4 Å². The van der Waals surface area contributed by atoms with Crippen molar-refractivity contribution in [3.8, 4) is 0 Å². The second-order valence-electron chi connectivity index (χ2n) is 6.52. The van der Waals surface area contributed by atoms with Gasteiger partial charge < -0.3 is 0 Å². The molecule has 3 amide bonds. The van der Waals surface area contributed by atoms with Gasteiger partial charge in [0.2, 0.25) is 17.7 Å². The fourth-order valence-electron chi connectivity index (χ4n) is 3.64. The van der Waals surface area contributed by atoms with E-state index in [2.05, 4.69) is 4.98 Å². The van der Waals surface area contributed by atoms with Crippen LogP contribution in [0, 0.1) is 11.8 Å². The number of nitrogens with zero attached hydrogens (tertiary/aromatic N) is 3. The lowest BCUT2D eigenvalue weighted by Gasteiger charge is -2.21. The molecular weight excluding hydrogens is 350 g/mol. The summed E-state index contributed by atoms with van der Waals surface area (Å²) in [5, 5.41) is 0.594. The van der Waals surface area contributed by atoms with Crippen LogP contribution in [0.4, 0.5) is 5.13 Å². The summed E-state index contributed by atoms with van der Waals surface area (Å²) in [6.45, 7) is 2.08. The summed E-state index contributed by atoms with van der Waals surface area (Å²) < 4.78 is 0.999. The van der Waals surface area contributed by atoms with Crippen molar-refractivity contribution in [1.29, 1.82) is 0 Å². The zero-order valence-corrected chi connectivity index (χ0v) is 15.2. The van der Waals surface area contributed by atoms with Gasteiger partial charge in [-0.05, 0) is 31.9 Å². The molecule has 0 spiro atoms. The number of hydrogen-bond donors (Lipinski definition) is 0. The van der Waals surface area contributed by atoms with Crippen molar-refractivity contribution in [1.82, 2.24) is 9.88 Å². The van der Waals surface area contributed by atoms with Gasteiger partial charge in [0.25, 0.3) is 0 Å². The van der Waals surface area contributed by atoms with Gasteiger partial charge in [-0.2, -0.15) is 0 Å². The van der Waals surface area contributed by atoms with Gasteiger partial charge in [0.05, 0.1) is 22.1 Å². The predicted molar refractivity (Wildman–Crippen MR) is 99.7 cm³/mol. The van der Waals surface area contributed by atoms with E-state index >= 15 is 0 Å². The number of rotatable bonds is 4. The maximum absolute atomic E-state index is 12.8. The number of likely N-dealkylation sites (tertiary alicyclic amines) is 1. The van der Waals surface area contributed by atoms with Crippen LogP contribution in [0.15, 0.2) is 36.4 Å². The second kappa shape index (κ2) is 6.64. The van der Waals surface area contributed by atoms with Crippen molar-refractivity contribution in [2.75, 3.05) is 18.0 Å². The van der Waals surface area contributed by atoms with E-state index in [0.29, 0.717) is 24.5 Å². The van der Waals surface area contributed by atoms with Gasteiger partial charge in [0.1, 0.15) is 6.54 Å². The first-order valence-corrected chi connectivity index (χ1v) is 9.58. The molecule has 26 heavy (non-hydrogen) atoms. The Balaban J connectivity index is 1.54. The molecule has 0 N–H and O–H groups in total. The van der Waals surface area contributed by atoms with Gasteiger partial charge in [-0.1, -0.05) is 35.6 Å². The Hall–Kier alpha value is -2.54. The molecule has 2 heterocycles. The Morgan fingerprint density at radius 2 is 1.85 bits per heavy atom. The van der Waals surface area contributed by atoms with Gasteiger partial charge in [-0.3, -0.25) is 24.2 Å². The Labute approximate surface area is 155 Å². The highest BCUT2D eigenvalue weighted by Crippen LogP contribution is 2.35. The maximum atomic E-state index is 12.8. The van der Waals surface area contributed by atoms with E-state index in [0.717, 1.165) is 15.1 Å². The van der Waals surface area contributed by atoms with Crippen LogP contribution in [-0.4, -0.2) is 40.7 Å². The van der Waals surface area contributed by atoms with Gasteiger partial charge in [-0.25, -0.2) is 4.98 Å². The topological polar surface area (TPSA) is 70.6 Å². The summed E-state index contributed by atoms with van der Waals surface area (Å²) in [6, 6.07) is 7.69. The monoisotopic (exact) mass is 369 g/mol. The van der Waals surface area contributed by atoms with E-state index < -0.39 is 0 Å². The molecule has 2 aliphatic rings. The number of thiazole rings is 1. The van der Waals surface area contributed by atoms with Crippen LogP contribution in [0.1, 0.15) is 19.8 Å². The third-order valence-corrected chi connectivity index (χ3v) is 6.08. The van der Waals surface area contributed by atoms with Crippen LogP contribution in [0.5, 0.6) is 0 Å². The molecule has 1 aliphatic heterocycles. The van der Waals surface area contributed by atoms with E-state index in [9.17, 15) is 14.4 Å². The fraction of sp³-hybridized carbons (Fsp3) is 0.368. The van der Waals surface area contributed by atoms with Gasteiger partial charge in [0, 0.05) is 6.54 Å². The highest BCUT2D eigenvalue weighted by Gasteiger charge is 2.48. The second-order valence-corrected chi connectivity index (χ2v) is 7.53. The molecule has 7 heteroatoms. The Bertz CT molecular complexity index is 861. The van der Waals surface area contributed by atoms with Gasteiger partial charge in [0.15, 0.2) is 5.13 Å². The highest BCUT2D eigenvalue weighted by atomic mass is 32.1. The highest BCUT2D eigenvalue weighted by molar-refractivity contribution is 7.22. The summed E-state index contributed by atoms with van der Waals surface area (Å²) in [4.78, 5) is 45.2. The van der Waals surface area contributed by atoms with Crippen LogP contribution < -0.4 is 4.90 Å². The lowest BCUT2D eigenvalue weighted by atomic mass is 9.85. The van der Waals surface area contributed by atoms with Crippen molar-refractivity contribution in [3.05, 3.63) is 36.4 Å². The molecule has 1 fully saturated rings. The molecule has 1 aliphatic carbocycles. The normalized spacial score (nSPS) is 22.1. The number of hydrogen-bond acceptors (Lipinski definition) is 5. The van der Waals surface area contributed by atoms with Crippen LogP contribution >= 0.6 is 11.3 Å². The number of anilines is 1. The number of likely N-dealkylation sites (N-methyl/N-ethyl adjacent to an activating group) is 1. The minimum atomic E-state index is -0.308. The summed E-state index contributed by atoms with van der Waals surface area (Å²) in [5.74, 6) is -1.34. The number of aromatic nitrogens is 1. The first kappa shape index (κ1) is 16.9. The quantitative estimate of drug-likeness (QED) is 0.614. The molecule has 1 saturated heterocycles. The SMILES string of the molecule is CCN(C(=O)CN1C(=O)C2CC=CCC2C1=O)c1nc2ccccc2s1. The van der Waals surface area contributed by atoms with Crippen molar-refractivity contribution in [2.45, 2.75) is 19.8 Å². The first-order valence-electron chi connectivity index (χ1n) is 8.76. The van der Waals surface area contributed by atoms with Crippen molar-refractivity contribution < 1.29 is 14.4 Å². The first-order chi connectivity index (χ1) is 12.6. The largest absolute Gasteiger partial charge is 0.287 e. The summed E-state index contributed by atoms with van der Waals surface area (Å²) in [5.41, 5.74) is 0.837. The van der Waals surface area contributed by atoms with E-state index in [1.165, 1.54) is 11.3 Å². The molecule has 4 rings (SSSR count). The Kier molecular flexibility index (Phi) is 4.32. The number of carbonyl (C=O) groups is 3. The zero-order valence-electron chi connectivity index (χ0n) is 14.4. The molecule has 0 bridgehead atoms. The van der Waals surface area contributed by atoms with E-state index in [4.69, 9.17) is 0 Å². The average molecular weight is 369 g/mol. The number of benzene rings is 1. The van der Waals surface area contributed by atoms with E-state index in [1.54, 1.807) is 4.90 Å². The smallest absolute Gasteiger partial charge is 0.248 e. The van der Waals surface area contributed by atoms with Crippen LogP contribution in [0.3, 0.4) is 0 Å². The number of imide groups is 1. The molecule has 2 unspecified atom stereocenters. The minimum Gasteiger partial charge on any atom is -0.287 e. The summed E-state index contributed by atoms with van der Waals surface area (Å²) >= 11 is 1.43. The fourth-order valence-corrected chi connectivity index (χ4v) is 4.69. The Morgan fingerprint density at radius 1 is 1.19 bits per heavy atom. The number of amides is 3. The number of fused-ring (bicyclic) bond motifs is 2. The molecule has 2 atom stereocenters. The summed E-state index contributed by atoms with van der Waals surface area (Å²) in [7, 11) is 0. The lowest BCUT2D eigenvalue weighted by Crippen LogP contribution is -2.43. The van der Waals surface area contributed by atoms with Gasteiger partial charge >= 0.3 is 0 Å². The number of carbonyl (C=O) groups excluding carboxylic acids is 3. The van der Waals surface area contributed by atoms with Crippen LogP contribution in [0.25, 0.3) is 10.2 Å². The van der Waals surface area contributed by atoms with Crippen LogP contribution in [0.2, 0.25) is 0 Å². The van der Waals surface area contributed by atoms with Crippen LogP contribution in [-0.2, 0) is 14.4 Å². The number of para-hydroxylation sites is 1. The zero-order chi connectivity index (χ0) is 18.3. The maximum Gasteiger partial charge on any atom is 0.248 e. The van der Waals surface area contributed by atoms with E-state index in [1.807, 2.05) is 43.3 Å². The molecule has 1 aromatic heterocycles. The third-order valence-electron chi connectivity index (χ3n) is 5.02. The lowest BCUT2D eigenvalue weighted by molar-refractivity contribution is -0.143. The molecule has 1 aromatic carbocycles.